The zero-order valence-corrected chi connectivity index (χ0v) is 13.7. The molecule has 10 nitrogen and oxygen atoms in total. The van der Waals surface area contributed by atoms with Crippen molar-refractivity contribution in [1.29, 1.82) is 5.41 Å². The highest BCUT2D eigenvalue weighted by Gasteiger charge is 2.17. The molecule has 0 spiro atoms. The molecule has 11 heteroatoms. The molecule has 3 rings (SSSR count). The fourth-order valence-electron chi connectivity index (χ4n) is 2.13. The minimum absolute atomic E-state index is 0.0298. The molecule has 130 valence electrons. The van der Waals surface area contributed by atoms with E-state index in [2.05, 4.69) is 5.10 Å². The van der Waals surface area contributed by atoms with E-state index in [1.807, 2.05) is 0 Å². The van der Waals surface area contributed by atoms with Crippen LogP contribution in [0.25, 0.3) is 5.69 Å². The average Bonchev–Trinajstić information content (AvgIpc) is 3.03. The first-order chi connectivity index (χ1) is 12.4. The number of nitrogens with zero attached hydrogens (tertiary/aromatic N) is 4. The van der Waals surface area contributed by atoms with Gasteiger partial charge in [-0.3, -0.25) is 30.4 Å². The number of benzene rings is 2. The number of aromatic nitrogens is 2. The van der Waals surface area contributed by atoms with Gasteiger partial charge in [-0.05, 0) is 24.3 Å². The summed E-state index contributed by atoms with van der Waals surface area (Å²) < 4.78 is 1.19. The Bertz CT molecular complexity index is 1070. The lowest BCUT2D eigenvalue weighted by molar-refractivity contribution is -0.385. The first-order valence-electron chi connectivity index (χ1n) is 7.05. The molecular weight excluding hydrogens is 362 g/mol. The summed E-state index contributed by atoms with van der Waals surface area (Å²) in [6, 6.07) is 10.5. The van der Waals surface area contributed by atoms with Gasteiger partial charge >= 0.3 is 0 Å². The summed E-state index contributed by atoms with van der Waals surface area (Å²) in [7, 11) is 0. The number of non-ortho nitro benzene ring substituents is 2. The Hall–Kier alpha value is -3.73. The van der Waals surface area contributed by atoms with Crippen molar-refractivity contribution < 1.29 is 14.6 Å². The third kappa shape index (κ3) is 3.23. The van der Waals surface area contributed by atoms with Crippen molar-refractivity contribution in [3.05, 3.63) is 84.1 Å². The first-order valence-corrected chi connectivity index (χ1v) is 7.87. The van der Waals surface area contributed by atoms with Crippen molar-refractivity contribution in [2.75, 3.05) is 0 Å². The molecule has 0 fully saturated rings. The molecular formula is C15H9N5O5S. The third-order valence-electron chi connectivity index (χ3n) is 3.42. The minimum Gasteiger partial charge on any atom is -0.286 e. The van der Waals surface area contributed by atoms with E-state index in [1.165, 1.54) is 53.2 Å². The molecule has 0 saturated heterocycles. The average molecular weight is 371 g/mol. The van der Waals surface area contributed by atoms with E-state index in [0.29, 0.717) is 5.69 Å². The Morgan fingerprint density at radius 1 is 0.962 bits per heavy atom. The Labute approximate surface area is 148 Å². The van der Waals surface area contributed by atoms with E-state index in [4.69, 9.17) is 5.41 Å². The summed E-state index contributed by atoms with van der Waals surface area (Å²) in [6.45, 7) is 0. The van der Waals surface area contributed by atoms with Gasteiger partial charge < -0.3 is 0 Å². The monoisotopic (exact) mass is 371 g/mol. The molecule has 2 aromatic carbocycles. The topological polar surface area (TPSA) is 145 Å². The quantitative estimate of drug-likeness (QED) is 0.414. The van der Waals surface area contributed by atoms with Crippen LogP contribution < -0.4 is 4.80 Å². The molecule has 3 aromatic rings. The highest BCUT2D eigenvalue weighted by molar-refractivity contribution is 7.11. The van der Waals surface area contributed by atoms with Gasteiger partial charge in [-0.2, -0.15) is 5.10 Å². The Morgan fingerprint density at radius 2 is 1.46 bits per heavy atom. The van der Waals surface area contributed by atoms with Crippen molar-refractivity contribution in [1.82, 2.24) is 9.78 Å². The van der Waals surface area contributed by atoms with Crippen molar-refractivity contribution >= 4 is 28.5 Å². The van der Waals surface area contributed by atoms with Crippen LogP contribution >= 0.6 is 11.3 Å². The van der Waals surface area contributed by atoms with E-state index in [0.717, 1.165) is 11.3 Å². The number of carbonyl (C=O) groups excluding carboxylic acids is 1. The maximum Gasteiger partial charge on any atom is 0.269 e. The zero-order chi connectivity index (χ0) is 18.8. The number of hydrogen-bond donors (Lipinski definition) is 1. The van der Waals surface area contributed by atoms with Gasteiger partial charge in [-0.15, -0.1) is 0 Å². The van der Waals surface area contributed by atoms with Gasteiger partial charge in [0.15, 0.2) is 5.01 Å². The van der Waals surface area contributed by atoms with Crippen LogP contribution in [-0.4, -0.2) is 25.4 Å². The molecule has 1 heterocycles. The van der Waals surface area contributed by atoms with Crippen molar-refractivity contribution in [3.63, 3.8) is 0 Å². The third-order valence-corrected chi connectivity index (χ3v) is 4.24. The zero-order valence-electron chi connectivity index (χ0n) is 12.9. The fourth-order valence-corrected chi connectivity index (χ4v) is 2.88. The second-order valence-electron chi connectivity index (χ2n) is 5.03. The summed E-state index contributed by atoms with van der Waals surface area (Å²) >= 11 is 0.834. The van der Waals surface area contributed by atoms with Gasteiger partial charge in [0.05, 0.1) is 15.5 Å². The molecule has 0 saturated carbocycles. The van der Waals surface area contributed by atoms with Crippen LogP contribution in [0.15, 0.2) is 48.5 Å². The summed E-state index contributed by atoms with van der Waals surface area (Å²) in [5.41, 5.74) is 0.376. The van der Waals surface area contributed by atoms with Crippen LogP contribution in [0.2, 0.25) is 0 Å². The molecule has 1 aromatic heterocycles. The molecule has 0 amide bonds. The number of hydrogen-bond acceptors (Lipinski definition) is 8. The lowest BCUT2D eigenvalue weighted by Crippen LogP contribution is -2.12. The van der Waals surface area contributed by atoms with Gasteiger partial charge in [-0.1, -0.05) is 11.3 Å². The second-order valence-corrected chi connectivity index (χ2v) is 6.01. The molecule has 0 unspecified atom stereocenters. The van der Waals surface area contributed by atoms with Gasteiger partial charge in [0, 0.05) is 29.8 Å². The summed E-state index contributed by atoms with van der Waals surface area (Å²) in [4.78, 5) is 32.7. The van der Waals surface area contributed by atoms with Gasteiger partial charge in [0.25, 0.3) is 11.4 Å². The largest absolute Gasteiger partial charge is 0.286 e. The first kappa shape index (κ1) is 17.1. The van der Waals surface area contributed by atoms with Crippen LogP contribution in [0.3, 0.4) is 0 Å². The standard InChI is InChI=1S/C15H9N5O5S/c16-15-18(10-5-7-12(8-6-10)20(24)25)17-14(26-15)13(21)9-1-3-11(4-2-9)19(22)23/h1-8,16H. The summed E-state index contributed by atoms with van der Waals surface area (Å²) in [5, 5.41) is 33.4. The van der Waals surface area contributed by atoms with Crippen molar-refractivity contribution in [3.8, 4) is 5.69 Å². The Balaban J connectivity index is 1.92. The molecule has 0 aliphatic rings. The van der Waals surface area contributed by atoms with Crippen LogP contribution in [0, 0.1) is 25.6 Å². The van der Waals surface area contributed by atoms with Crippen LogP contribution in [0.5, 0.6) is 0 Å². The van der Waals surface area contributed by atoms with Crippen LogP contribution in [0.4, 0.5) is 11.4 Å². The summed E-state index contributed by atoms with van der Waals surface area (Å²) in [5.74, 6) is -0.473. The fraction of sp³-hybridized carbons (Fsp3) is 0. The highest BCUT2D eigenvalue weighted by Crippen LogP contribution is 2.17. The predicted octanol–water partition coefficient (Wildman–Crippen LogP) is 2.46. The second kappa shape index (κ2) is 6.64. The van der Waals surface area contributed by atoms with E-state index >= 15 is 0 Å². The highest BCUT2D eigenvalue weighted by atomic mass is 32.1. The van der Waals surface area contributed by atoms with E-state index in [9.17, 15) is 25.0 Å². The Morgan fingerprint density at radius 3 is 1.96 bits per heavy atom. The molecule has 0 atom stereocenters. The molecule has 0 aliphatic heterocycles. The molecule has 0 radical (unpaired) electrons. The van der Waals surface area contributed by atoms with Gasteiger partial charge in [-0.25, -0.2) is 4.68 Å². The number of nitro groups is 2. The maximum atomic E-state index is 12.5. The van der Waals surface area contributed by atoms with Crippen molar-refractivity contribution in [2.24, 2.45) is 0 Å². The maximum absolute atomic E-state index is 12.5. The van der Waals surface area contributed by atoms with E-state index in [1.54, 1.807) is 0 Å². The number of ketones is 1. The molecule has 0 aliphatic carbocycles. The number of carbonyl (C=O) groups is 1. The lowest BCUT2D eigenvalue weighted by Gasteiger charge is -2.00. The number of nitrogens with one attached hydrogen (secondary N) is 1. The Kier molecular flexibility index (Phi) is 4.37. The number of nitro benzene ring substituents is 2. The molecule has 0 bridgehead atoms. The van der Waals surface area contributed by atoms with Gasteiger partial charge in [0.2, 0.25) is 10.6 Å². The minimum atomic E-state index is -0.567. The molecule has 26 heavy (non-hydrogen) atoms. The normalized spacial score (nSPS) is 10.5. The van der Waals surface area contributed by atoms with Crippen LogP contribution in [0.1, 0.15) is 15.4 Å². The smallest absolute Gasteiger partial charge is 0.269 e. The van der Waals surface area contributed by atoms with Crippen LogP contribution in [-0.2, 0) is 0 Å². The lowest BCUT2D eigenvalue weighted by atomic mass is 10.1. The van der Waals surface area contributed by atoms with Crippen molar-refractivity contribution in [2.45, 2.75) is 0 Å². The van der Waals surface area contributed by atoms with Gasteiger partial charge in [0.1, 0.15) is 0 Å². The SMILES string of the molecule is N=c1sc(C(=O)c2ccc([N+](=O)[O-])cc2)nn1-c1ccc([N+](=O)[O-])cc1. The number of rotatable bonds is 5. The predicted molar refractivity (Wildman–Crippen MR) is 90.5 cm³/mol. The summed E-state index contributed by atoms with van der Waals surface area (Å²) in [6.07, 6.45) is 0. The van der Waals surface area contributed by atoms with E-state index < -0.39 is 15.6 Å². The van der Waals surface area contributed by atoms with E-state index in [-0.39, 0.29) is 26.7 Å². The molecule has 1 N–H and O–H groups in total.